The van der Waals surface area contributed by atoms with E-state index in [2.05, 4.69) is 127 Å². The lowest BCUT2D eigenvalue weighted by atomic mass is 9.88. The molecule has 1 aromatic heterocycles. The quantitative estimate of drug-likeness (QED) is 0.212. The molecule has 0 amide bonds. The molecule has 8 aromatic rings. The van der Waals surface area contributed by atoms with Crippen LogP contribution in [0.25, 0.3) is 74.7 Å². The summed E-state index contributed by atoms with van der Waals surface area (Å²) in [6, 6.07) is 46.0. The van der Waals surface area contributed by atoms with Gasteiger partial charge in [0.15, 0.2) is 0 Å². The van der Waals surface area contributed by atoms with Crippen molar-refractivity contribution in [2.75, 3.05) is 0 Å². The van der Waals surface area contributed by atoms with Crippen molar-refractivity contribution < 1.29 is 0 Å². The minimum atomic E-state index is 0.767. The van der Waals surface area contributed by atoms with E-state index in [4.69, 9.17) is 11.6 Å². The Morgan fingerprint density at radius 2 is 1.03 bits per heavy atom. The van der Waals surface area contributed by atoms with E-state index >= 15 is 0 Å². The fraction of sp³-hybridized carbons (Fsp3) is 0. The molecule has 0 unspecified atom stereocenters. The van der Waals surface area contributed by atoms with Crippen LogP contribution in [0.4, 0.5) is 0 Å². The molecule has 0 saturated carbocycles. The first-order valence-corrected chi connectivity index (χ1v) is 14.0. The van der Waals surface area contributed by atoms with E-state index in [1.54, 1.807) is 0 Å². The molecule has 178 valence electrons. The molecule has 0 spiro atoms. The fourth-order valence-electron chi connectivity index (χ4n) is 6.06. The Labute approximate surface area is 229 Å². The Morgan fingerprint density at radius 3 is 1.82 bits per heavy atom. The largest absolute Gasteiger partial charge is 0.134 e. The molecule has 38 heavy (non-hydrogen) atoms. The monoisotopic (exact) mass is 520 g/mol. The molecule has 8 rings (SSSR count). The highest BCUT2D eigenvalue weighted by Crippen LogP contribution is 2.47. The smallest absolute Gasteiger partial charge is 0.0434 e. The molecule has 0 saturated heterocycles. The van der Waals surface area contributed by atoms with Gasteiger partial charge in [0.2, 0.25) is 0 Å². The Hall–Kier alpha value is -4.17. The molecule has 0 aliphatic carbocycles. The van der Waals surface area contributed by atoms with Crippen molar-refractivity contribution in [2.24, 2.45) is 0 Å². The lowest BCUT2D eigenvalue weighted by Gasteiger charge is -2.15. The average Bonchev–Trinajstić information content (AvgIpc) is 3.34. The summed E-state index contributed by atoms with van der Waals surface area (Å²) in [7, 11) is 0. The van der Waals surface area contributed by atoms with Crippen molar-refractivity contribution >= 4 is 75.4 Å². The first-order valence-electron chi connectivity index (χ1n) is 12.8. The highest BCUT2D eigenvalue weighted by Gasteiger charge is 2.18. The first kappa shape index (κ1) is 21.9. The zero-order valence-electron chi connectivity index (χ0n) is 20.4. The third-order valence-electron chi connectivity index (χ3n) is 7.70. The summed E-state index contributed by atoms with van der Waals surface area (Å²) in [5, 5.41) is 10.9. The van der Waals surface area contributed by atoms with Gasteiger partial charge in [-0.3, -0.25) is 0 Å². The molecule has 0 aliphatic heterocycles. The highest BCUT2D eigenvalue weighted by molar-refractivity contribution is 7.26. The second-order valence-electron chi connectivity index (χ2n) is 9.83. The molecule has 0 N–H and O–H groups in total. The lowest BCUT2D eigenvalue weighted by molar-refractivity contribution is 1.67. The summed E-state index contributed by atoms with van der Waals surface area (Å²) in [5.74, 6) is 0. The minimum Gasteiger partial charge on any atom is -0.134 e. The van der Waals surface area contributed by atoms with Crippen LogP contribution in [0.3, 0.4) is 0 Å². The zero-order valence-corrected chi connectivity index (χ0v) is 22.0. The van der Waals surface area contributed by atoms with Crippen molar-refractivity contribution in [2.45, 2.75) is 0 Å². The van der Waals surface area contributed by atoms with Crippen molar-refractivity contribution in [3.05, 3.63) is 132 Å². The van der Waals surface area contributed by atoms with Gasteiger partial charge < -0.3 is 0 Å². The molecule has 0 radical (unpaired) electrons. The van der Waals surface area contributed by atoms with Gasteiger partial charge in [0.25, 0.3) is 0 Å². The molecule has 0 nitrogen and oxygen atoms in total. The standard InChI is InChI=1S/C36H21ClS/c37-25-20-32(35-31-19-18-23-9-2-4-14-27(23)36(31)38-33(35)21-25)30-17-7-12-24-11-6-16-29(34(24)30)28-15-5-10-22-8-1-3-13-26(22)28/h1-21H. The van der Waals surface area contributed by atoms with E-state index in [9.17, 15) is 0 Å². The maximum Gasteiger partial charge on any atom is 0.0434 e. The van der Waals surface area contributed by atoms with Gasteiger partial charge >= 0.3 is 0 Å². The molecule has 7 aromatic carbocycles. The SMILES string of the molecule is Clc1cc(-c2cccc3cccc(-c4cccc5ccccc45)c23)c2c(c1)sc1c3ccccc3ccc12. The topological polar surface area (TPSA) is 0 Å². The zero-order chi connectivity index (χ0) is 25.2. The van der Waals surface area contributed by atoms with Crippen LogP contribution in [0.5, 0.6) is 0 Å². The first-order chi connectivity index (χ1) is 18.8. The maximum atomic E-state index is 6.81. The molecule has 1 heterocycles. The predicted octanol–water partition coefficient (Wildman–Crippen LogP) is 11.5. The van der Waals surface area contributed by atoms with Gasteiger partial charge in [0.1, 0.15) is 0 Å². The molecular weight excluding hydrogens is 500 g/mol. The van der Waals surface area contributed by atoms with Crippen LogP contribution in [0.15, 0.2) is 127 Å². The van der Waals surface area contributed by atoms with E-state index < -0.39 is 0 Å². The number of benzene rings is 7. The third kappa shape index (κ3) is 3.23. The van der Waals surface area contributed by atoms with Crippen LogP contribution >= 0.6 is 22.9 Å². The summed E-state index contributed by atoms with van der Waals surface area (Å²) in [6.07, 6.45) is 0. The number of halogens is 1. The number of thiophene rings is 1. The normalized spacial score (nSPS) is 11.8. The maximum absolute atomic E-state index is 6.81. The fourth-order valence-corrected chi connectivity index (χ4v) is 7.65. The van der Waals surface area contributed by atoms with Crippen LogP contribution in [0, 0.1) is 0 Å². The molecule has 0 atom stereocenters. The summed E-state index contributed by atoms with van der Waals surface area (Å²) >= 11 is 8.65. The molecule has 0 fully saturated rings. The lowest BCUT2D eigenvalue weighted by Crippen LogP contribution is -1.88. The Morgan fingerprint density at radius 1 is 0.421 bits per heavy atom. The predicted molar refractivity (Wildman–Crippen MR) is 168 cm³/mol. The average molecular weight is 521 g/mol. The molecular formula is C36H21ClS. The van der Waals surface area contributed by atoms with Crippen LogP contribution in [0.1, 0.15) is 0 Å². The Kier molecular flexibility index (Phi) is 4.85. The second kappa shape index (κ2) is 8.43. The third-order valence-corrected chi connectivity index (χ3v) is 9.11. The van der Waals surface area contributed by atoms with E-state index in [1.807, 2.05) is 11.3 Å². The van der Waals surface area contributed by atoms with Crippen molar-refractivity contribution in [3.63, 3.8) is 0 Å². The van der Waals surface area contributed by atoms with Gasteiger partial charge in [-0.25, -0.2) is 0 Å². The van der Waals surface area contributed by atoms with Crippen LogP contribution in [0.2, 0.25) is 5.02 Å². The van der Waals surface area contributed by atoms with Gasteiger partial charge in [-0.05, 0) is 66.7 Å². The van der Waals surface area contributed by atoms with Gasteiger partial charge in [0, 0.05) is 25.2 Å². The van der Waals surface area contributed by atoms with E-state index in [0.717, 1.165) is 5.02 Å². The Balaban J connectivity index is 1.51. The van der Waals surface area contributed by atoms with Gasteiger partial charge in [-0.2, -0.15) is 0 Å². The van der Waals surface area contributed by atoms with Gasteiger partial charge in [-0.15, -0.1) is 11.3 Å². The van der Waals surface area contributed by atoms with Crippen molar-refractivity contribution in [1.82, 2.24) is 0 Å². The van der Waals surface area contributed by atoms with E-state index in [1.165, 1.54) is 74.7 Å². The van der Waals surface area contributed by atoms with Crippen LogP contribution in [-0.4, -0.2) is 0 Å². The summed E-state index contributed by atoms with van der Waals surface area (Å²) in [4.78, 5) is 0. The minimum absolute atomic E-state index is 0.767. The highest BCUT2D eigenvalue weighted by atomic mass is 35.5. The van der Waals surface area contributed by atoms with E-state index in [-0.39, 0.29) is 0 Å². The summed E-state index contributed by atoms with van der Waals surface area (Å²) < 4.78 is 2.54. The molecule has 2 heteroatoms. The number of fused-ring (bicyclic) bond motifs is 7. The molecule has 0 aliphatic rings. The van der Waals surface area contributed by atoms with Crippen LogP contribution in [-0.2, 0) is 0 Å². The number of hydrogen-bond acceptors (Lipinski definition) is 1. The second-order valence-corrected chi connectivity index (χ2v) is 11.3. The van der Waals surface area contributed by atoms with Crippen LogP contribution < -0.4 is 0 Å². The summed E-state index contributed by atoms with van der Waals surface area (Å²) in [5.41, 5.74) is 4.90. The van der Waals surface area contributed by atoms with Gasteiger partial charge in [0.05, 0.1) is 0 Å². The van der Waals surface area contributed by atoms with E-state index in [0.29, 0.717) is 0 Å². The number of hydrogen-bond donors (Lipinski definition) is 0. The summed E-state index contributed by atoms with van der Waals surface area (Å²) in [6.45, 7) is 0. The van der Waals surface area contributed by atoms with Crippen molar-refractivity contribution in [3.8, 4) is 22.3 Å². The van der Waals surface area contributed by atoms with Gasteiger partial charge in [-0.1, -0.05) is 127 Å². The Bertz CT molecular complexity index is 2190. The number of rotatable bonds is 2. The molecule has 0 bridgehead atoms. The van der Waals surface area contributed by atoms with Crippen molar-refractivity contribution in [1.29, 1.82) is 0 Å².